The van der Waals surface area contributed by atoms with E-state index in [1.165, 1.54) is 57.9 Å². The Hall–Kier alpha value is -6.79. The van der Waals surface area contributed by atoms with Crippen molar-refractivity contribution in [1.29, 1.82) is 0 Å². The summed E-state index contributed by atoms with van der Waals surface area (Å²) < 4.78 is 5.03. The predicted molar refractivity (Wildman–Crippen MR) is 238 cm³/mol. The summed E-state index contributed by atoms with van der Waals surface area (Å²) in [5.74, 6) is 1.97. The van der Waals surface area contributed by atoms with Crippen LogP contribution < -0.4 is 0 Å². The fraction of sp³-hybridized carbons (Fsp3) is 0. The van der Waals surface area contributed by atoms with Gasteiger partial charge in [0.15, 0.2) is 17.5 Å². The van der Waals surface area contributed by atoms with Gasteiger partial charge >= 0.3 is 0 Å². The summed E-state index contributed by atoms with van der Waals surface area (Å²) in [5.41, 5.74) is 10.1. The molecule has 5 heteroatoms. The highest BCUT2D eigenvalue weighted by Gasteiger charge is 2.19. The van der Waals surface area contributed by atoms with Crippen LogP contribution in [0.5, 0.6) is 0 Å². The van der Waals surface area contributed by atoms with Crippen LogP contribution in [0.15, 0.2) is 188 Å². The van der Waals surface area contributed by atoms with Crippen LogP contribution in [0.2, 0.25) is 0 Å². The van der Waals surface area contributed by atoms with Gasteiger partial charge in [-0.15, -0.1) is 22.7 Å². The van der Waals surface area contributed by atoms with Crippen molar-refractivity contribution < 1.29 is 0 Å². The second kappa shape index (κ2) is 13.5. The quantitative estimate of drug-likeness (QED) is 0.170. The number of benzene rings is 8. The third-order valence-corrected chi connectivity index (χ3v) is 13.0. The minimum Gasteiger partial charge on any atom is -0.208 e. The maximum Gasteiger partial charge on any atom is 0.165 e. The lowest BCUT2D eigenvalue weighted by Gasteiger charge is -2.10. The largest absolute Gasteiger partial charge is 0.208 e. The first-order valence-electron chi connectivity index (χ1n) is 18.7. The Kier molecular flexibility index (Phi) is 7.87. The van der Waals surface area contributed by atoms with Gasteiger partial charge in [0.2, 0.25) is 0 Å². The standard InChI is InChI=1S/C51H31N3S2/c1-4-14-32(15-5-1)35-20-12-21-37(28-35)50-52-49(34-18-8-3-9-19-34)53-51(54-50)41-24-13-23-40-43-29-36(26-27-46(43)56-47(40)41)38-30-42(33-16-6-2-7-17-33)48-44(31-38)39-22-10-11-25-45(39)55-48/h1-31H. The molecule has 0 fully saturated rings. The molecule has 0 radical (unpaired) electrons. The van der Waals surface area contributed by atoms with Gasteiger partial charge in [0, 0.05) is 62.6 Å². The number of hydrogen-bond acceptors (Lipinski definition) is 5. The molecule has 0 aliphatic rings. The molecule has 3 heterocycles. The monoisotopic (exact) mass is 749 g/mol. The molecule has 0 saturated carbocycles. The molecule has 0 N–H and O–H groups in total. The fourth-order valence-electron chi connectivity index (χ4n) is 7.79. The molecule has 262 valence electrons. The minimum absolute atomic E-state index is 0.651. The zero-order chi connectivity index (χ0) is 37.0. The van der Waals surface area contributed by atoms with Gasteiger partial charge in [-0.05, 0) is 70.3 Å². The van der Waals surface area contributed by atoms with E-state index in [1.807, 2.05) is 35.6 Å². The van der Waals surface area contributed by atoms with Crippen molar-refractivity contribution >= 4 is 63.0 Å². The highest BCUT2D eigenvalue weighted by molar-refractivity contribution is 7.26. The van der Waals surface area contributed by atoms with Crippen LogP contribution in [0.4, 0.5) is 0 Å². The molecule has 0 saturated heterocycles. The van der Waals surface area contributed by atoms with E-state index in [1.54, 1.807) is 11.3 Å². The molecule has 56 heavy (non-hydrogen) atoms. The normalized spacial score (nSPS) is 11.6. The zero-order valence-corrected chi connectivity index (χ0v) is 31.7. The van der Waals surface area contributed by atoms with E-state index >= 15 is 0 Å². The summed E-state index contributed by atoms with van der Waals surface area (Å²) in [6.07, 6.45) is 0. The van der Waals surface area contributed by atoms with Gasteiger partial charge in [-0.1, -0.05) is 146 Å². The van der Waals surface area contributed by atoms with E-state index in [2.05, 4.69) is 164 Å². The Morgan fingerprint density at radius 2 is 0.804 bits per heavy atom. The summed E-state index contributed by atoms with van der Waals surface area (Å²) in [6.45, 7) is 0. The summed E-state index contributed by atoms with van der Waals surface area (Å²) in [7, 11) is 0. The molecule has 0 bridgehead atoms. The molecule has 3 nitrogen and oxygen atoms in total. The van der Waals surface area contributed by atoms with Gasteiger partial charge in [0.1, 0.15) is 0 Å². The van der Waals surface area contributed by atoms with Crippen LogP contribution >= 0.6 is 22.7 Å². The number of nitrogens with zero attached hydrogens (tertiary/aromatic N) is 3. The first kappa shape index (κ1) is 32.6. The van der Waals surface area contributed by atoms with Gasteiger partial charge in [-0.2, -0.15) is 0 Å². The van der Waals surface area contributed by atoms with E-state index in [9.17, 15) is 0 Å². The summed E-state index contributed by atoms with van der Waals surface area (Å²) in [5, 5.41) is 5.03. The topological polar surface area (TPSA) is 38.7 Å². The second-order valence-corrected chi connectivity index (χ2v) is 16.1. The van der Waals surface area contributed by atoms with Crippen molar-refractivity contribution in [2.24, 2.45) is 0 Å². The van der Waals surface area contributed by atoms with Crippen LogP contribution in [0.3, 0.4) is 0 Å². The van der Waals surface area contributed by atoms with Gasteiger partial charge in [0.05, 0.1) is 0 Å². The number of thiophene rings is 2. The van der Waals surface area contributed by atoms with Crippen molar-refractivity contribution in [1.82, 2.24) is 15.0 Å². The van der Waals surface area contributed by atoms with Crippen molar-refractivity contribution in [3.63, 3.8) is 0 Å². The number of aromatic nitrogens is 3. The molecule has 0 unspecified atom stereocenters. The average Bonchev–Trinajstić information content (AvgIpc) is 3.85. The molecule has 0 amide bonds. The predicted octanol–water partition coefficient (Wildman–Crippen LogP) is 14.6. The molecule has 0 spiro atoms. The Labute approximate surface area is 331 Å². The van der Waals surface area contributed by atoms with Gasteiger partial charge in [-0.25, -0.2) is 15.0 Å². The molecule has 0 aliphatic heterocycles. The molecule has 11 aromatic rings. The van der Waals surface area contributed by atoms with Crippen LogP contribution in [0.1, 0.15) is 0 Å². The third-order valence-electron chi connectivity index (χ3n) is 10.5. The molecular weight excluding hydrogens is 719 g/mol. The second-order valence-electron chi connectivity index (χ2n) is 14.0. The van der Waals surface area contributed by atoms with Crippen LogP contribution in [-0.2, 0) is 0 Å². The number of hydrogen-bond donors (Lipinski definition) is 0. The van der Waals surface area contributed by atoms with E-state index < -0.39 is 0 Å². The van der Waals surface area contributed by atoms with Crippen molar-refractivity contribution in [3.05, 3.63) is 188 Å². The number of rotatable bonds is 6. The molecule has 0 aliphatic carbocycles. The van der Waals surface area contributed by atoms with Crippen LogP contribution in [0.25, 0.3) is 108 Å². The van der Waals surface area contributed by atoms with E-state index in [4.69, 9.17) is 15.0 Å². The Bertz CT molecular complexity index is 3240. The maximum atomic E-state index is 5.19. The highest BCUT2D eigenvalue weighted by Crippen LogP contribution is 2.45. The molecule has 8 aromatic carbocycles. The van der Waals surface area contributed by atoms with E-state index in [0.717, 1.165) is 32.5 Å². The lowest BCUT2D eigenvalue weighted by Crippen LogP contribution is -2.00. The average molecular weight is 750 g/mol. The van der Waals surface area contributed by atoms with Crippen molar-refractivity contribution in [3.8, 4) is 67.5 Å². The van der Waals surface area contributed by atoms with Crippen LogP contribution in [0, 0.1) is 0 Å². The highest BCUT2D eigenvalue weighted by atomic mass is 32.1. The van der Waals surface area contributed by atoms with Gasteiger partial charge in [0.25, 0.3) is 0 Å². The zero-order valence-electron chi connectivity index (χ0n) is 30.1. The Balaban J connectivity index is 1.07. The number of fused-ring (bicyclic) bond motifs is 6. The SMILES string of the molecule is c1ccc(-c2cccc(-c3nc(-c4ccccc4)nc(-c4cccc5c4sc4ccc(-c6cc(-c7ccccc7)c7sc8ccccc8c7c6)cc45)n3)c2)cc1. The smallest absolute Gasteiger partial charge is 0.165 e. The van der Waals surface area contributed by atoms with E-state index in [-0.39, 0.29) is 0 Å². The third kappa shape index (κ3) is 5.68. The molecule has 3 aromatic heterocycles. The van der Waals surface area contributed by atoms with E-state index in [0.29, 0.717) is 17.5 Å². The lowest BCUT2D eigenvalue weighted by atomic mass is 9.95. The first-order valence-corrected chi connectivity index (χ1v) is 20.3. The first-order chi connectivity index (χ1) is 27.7. The van der Waals surface area contributed by atoms with Gasteiger partial charge < -0.3 is 0 Å². The Morgan fingerprint density at radius 1 is 0.268 bits per heavy atom. The molecule has 11 rings (SSSR count). The van der Waals surface area contributed by atoms with Gasteiger partial charge in [-0.3, -0.25) is 0 Å². The molecule has 0 atom stereocenters. The summed E-state index contributed by atoms with van der Waals surface area (Å²) >= 11 is 3.67. The summed E-state index contributed by atoms with van der Waals surface area (Å²) in [4.78, 5) is 15.4. The Morgan fingerprint density at radius 3 is 1.59 bits per heavy atom. The maximum absolute atomic E-state index is 5.19. The molecular formula is C51H31N3S2. The van der Waals surface area contributed by atoms with Crippen molar-refractivity contribution in [2.75, 3.05) is 0 Å². The fourth-order valence-corrected chi connectivity index (χ4v) is 10.2. The summed E-state index contributed by atoms with van der Waals surface area (Å²) in [6, 6.07) is 66.8. The van der Waals surface area contributed by atoms with Crippen molar-refractivity contribution in [2.45, 2.75) is 0 Å². The lowest BCUT2D eigenvalue weighted by molar-refractivity contribution is 1.08. The minimum atomic E-state index is 0.651. The van der Waals surface area contributed by atoms with Crippen LogP contribution in [-0.4, -0.2) is 15.0 Å².